The van der Waals surface area contributed by atoms with Crippen LogP contribution in [0.1, 0.15) is 52.5 Å². The molecule has 1 heterocycles. The second kappa shape index (κ2) is 8.40. The summed E-state index contributed by atoms with van der Waals surface area (Å²) in [6.45, 7) is 2.90. The summed E-state index contributed by atoms with van der Waals surface area (Å²) in [6.07, 6.45) is 4.97. The van der Waals surface area contributed by atoms with E-state index in [0.717, 1.165) is 36.7 Å². The maximum Gasteiger partial charge on any atom is 0.335 e. The van der Waals surface area contributed by atoms with E-state index in [0.29, 0.717) is 16.8 Å². The zero-order chi connectivity index (χ0) is 20.1. The Morgan fingerprint density at radius 1 is 1.18 bits per heavy atom. The van der Waals surface area contributed by atoms with Crippen molar-refractivity contribution in [2.24, 2.45) is 0 Å². The first-order valence-corrected chi connectivity index (χ1v) is 9.21. The summed E-state index contributed by atoms with van der Waals surface area (Å²) >= 11 is 0. The molecule has 6 heteroatoms. The van der Waals surface area contributed by atoms with Gasteiger partial charge in [-0.2, -0.15) is 5.26 Å². The highest BCUT2D eigenvalue weighted by atomic mass is 16.4. The molecule has 0 radical (unpaired) electrons. The van der Waals surface area contributed by atoms with Crippen LogP contribution in [0, 0.1) is 11.3 Å². The Morgan fingerprint density at radius 2 is 2.00 bits per heavy atom. The molecule has 1 amide bonds. The molecule has 0 aliphatic rings. The number of rotatable bonds is 7. The van der Waals surface area contributed by atoms with Gasteiger partial charge in [0.2, 0.25) is 0 Å². The lowest BCUT2D eigenvalue weighted by Gasteiger charge is -2.05. The fourth-order valence-corrected chi connectivity index (χ4v) is 3.19. The van der Waals surface area contributed by atoms with Crippen molar-refractivity contribution in [1.82, 2.24) is 4.57 Å². The van der Waals surface area contributed by atoms with Crippen molar-refractivity contribution in [2.45, 2.75) is 32.7 Å². The number of hydrogen-bond acceptors (Lipinski definition) is 3. The van der Waals surface area contributed by atoms with Crippen molar-refractivity contribution in [2.75, 3.05) is 5.32 Å². The number of carboxylic acid groups (broad SMARTS) is 1. The summed E-state index contributed by atoms with van der Waals surface area (Å²) in [4.78, 5) is 24.0. The topological polar surface area (TPSA) is 95.1 Å². The molecule has 0 saturated carbocycles. The van der Waals surface area contributed by atoms with Gasteiger partial charge < -0.3 is 15.0 Å². The molecule has 0 saturated heterocycles. The Bertz CT molecular complexity index is 1080. The molecule has 3 aromatic rings. The van der Waals surface area contributed by atoms with Gasteiger partial charge in [0.25, 0.3) is 5.91 Å². The standard InChI is InChI=1S/C22H21N3O3/c1-2-3-4-10-25-14-19(18-9-8-15(13-23)11-20(18)25)21(26)24-17-7-5-6-16(12-17)22(27)28/h5-9,11-12,14H,2-4,10H2,1H3,(H,24,26)(H,27,28). The Labute approximate surface area is 163 Å². The van der Waals surface area contributed by atoms with Crippen LogP contribution in [0.4, 0.5) is 5.69 Å². The Morgan fingerprint density at radius 3 is 2.71 bits per heavy atom. The lowest BCUT2D eigenvalue weighted by Crippen LogP contribution is -2.12. The van der Waals surface area contributed by atoms with Crippen LogP contribution in [0.2, 0.25) is 0 Å². The Hall–Kier alpha value is -3.59. The van der Waals surface area contributed by atoms with E-state index >= 15 is 0 Å². The second-order valence-electron chi connectivity index (χ2n) is 6.63. The monoisotopic (exact) mass is 375 g/mol. The van der Waals surface area contributed by atoms with Crippen molar-refractivity contribution >= 4 is 28.5 Å². The molecule has 0 fully saturated rings. The molecule has 0 unspecified atom stereocenters. The van der Waals surface area contributed by atoms with Crippen LogP contribution in [-0.2, 0) is 6.54 Å². The number of benzene rings is 2. The van der Waals surface area contributed by atoms with Gasteiger partial charge >= 0.3 is 5.97 Å². The summed E-state index contributed by atoms with van der Waals surface area (Å²) in [7, 11) is 0. The summed E-state index contributed by atoms with van der Waals surface area (Å²) < 4.78 is 2.01. The maximum absolute atomic E-state index is 12.9. The van der Waals surface area contributed by atoms with Gasteiger partial charge in [0.05, 0.1) is 28.3 Å². The summed E-state index contributed by atoms with van der Waals surface area (Å²) in [5.41, 5.74) is 2.42. The number of aromatic carboxylic acids is 1. The SMILES string of the molecule is CCCCCn1cc(C(=O)Nc2cccc(C(=O)O)c2)c2ccc(C#N)cc21. The zero-order valence-electron chi connectivity index (χ0n) is 15.6. The van der Waals surface area contributed by atoms with Crippen LogP contribution in [0.25, 0.3) is 10.9 Å². The lowest BCUT2D eigenvalue weighted by molar-refractivity contribution is 0.0696. The van der Waals surface area contributed by atoms with E-state index in [2.05, 4.69) is 18.3 Å². The van der Waals surface area contributed by atoms with Gasteiger partial charge in [-0.05, 0) is 36.8 Å². The first kappa shape index (κ1) is 19.2. The van der Waals surface area contributed by atoms with Crippen LogP contribution in [0.3, 0.4) is 0 Å². The molecular formula is C22H21N3O3. The molecule has 6 nitrogen and oxygen atoms in total. The van der Waals surface area contributed by atoms with Crippen molar-refractivity contribution in [1.29, 1.82) is 5.26 Å². The largest absolute Gasteiger partial charge is 0.478 e. The third kappa shape index (κ3) is 4.04. The van der Waals surface area contributed by atoms with Crippen LogP contribution in [-0.4, -0.2) is 21.6 Å². The Kier molecular flexibility index (Phi) is 5.75. The average molecular weight is 375 g/mol. The predicted molar refractivity (Wildman–Crippen MR) is 108 cm³/mol. The van der Waals surface area contributed by atoms with Gasteiger partial charge in [0.1, 0.15) is 0 Å². The van der Waals surface area contributed by atoms with Gasteiger partial charge in [-0.3, -0.25) is 4.79 Å². The molecular weight excluding hydrogens is 354 g/mol. The van der Waals surface area contributed by atoms with Crippen molar-refractivity contribution in [3.05, 3.63) is 65.4 Å². The number of hydrogen-bond donors (Lipinski definition) is 2. The minimum atomic E-state index is -1.05. The minimum Gasteiger partial charge on any atom is -0.478 e. The number of unbranched alkanes of at least 4 members (excludes halogenated alkanes) is 2. The number of aromatic nitrogens is 1. The van der Waals surface area contributed by atoms with Gasteiger partial charge in [-0.25, -0.2) is 4.79 Å². The number of anilines is 1. The van der Waals surface area contributed by atoms with Crippen molar-refractivity contribution in [3.63, 3.8) is 0 Å². The molecule has 1 aromatic heterocycles. The highest BCUT2D eigenvalue weighted by Crippen LogP contribution is 2.25. The summed E-state index contributed by atoms with van der Waals surface area (Å²) in [6, 6.07) is 13.6. The first-order chi connectivity index (χ1) is 13.5. The number of amides is 1. The number of fused-ring (bicyclic) bond motifs is 1. The van der Waals surface area contributed by atoms with Crippen LogP contribution in [0.15, 0.2) is 48.7 Å². The molecule has 0 aliphatic heterocycles. The molecule has 2 N–H and O–H groups in total. The van der Waals surface area contributed by atoms with E-state index in [9.17, 15) is 14.9 Å². The Balaban J connectivity index is 1.95. The van der Waals surface area contributed by atoms with E-state index in [1.54, 1.807) is 36.5 Å². The van der Waals surface area contributed by atoms with E-state index in [1.165, 1.54) is 12.1 Å². The molecule has 3 rings (SSSR count). The van der Waals surface area contributed by atoms with E-state index in [4.69, 9.17) is 5.11 Å². The number of carbonyl (C=O) groups excluding carboxylic acids is 1. The van der Waals surface area contributed by atoms with Gasteiger partial charge in [-0.1, -0.05) is 31.9 Å². The average Bonchev–Trinajstić information content (AvgIpc) is 3.06. The quantitative estimate of drug-likeness (QED) is 0.587. The highest BCUT2D eigenvalue weighted by molar-refractivity contribution is 6.13. The normalized spacial score (nSPS) is 10.6. The maximum atomic E-state index is 12.9. The molecule has 2 aromatic carbocycles. The number of carbonyl (C=O) groups is 2. The van der Waals surface area contributed by atoms with Crippen LogP contribution < -0.4 is 5.32 Å². The van der Waals surface area contributed by atoms with Crippen molar-refractivity contribution < 1.29 is 14.7 Å². The minimum absolute atomic E-state index is 0.110. The van der Waals surface area contributed by atoms with E-state index in [-0.39, 0.29) is 11.5 Å². The number of nitrogens with one attached hydrogen (secondary N) is 1. The fourth-order valence-electron chi connectivity index (χ4n) is 3.19. The number of aryl methyl sites for hydroxylation is 1. The fraction of sp³-hybridized carbons (Fsp3) is 0.227. The van der Waals surface area contributed by atoms with Gasteiger partial charge in [0, 0.05) is 23.8 Å². The molecule has 0 atom stereocenters. The van der Waals surface area contributed by atoms with Crippen LogP contribution >= 0.6 is 0 Å². The smallest absolute Gasteiger partial charge is 0.335 e. The molecule has 0 bridgehead atoms. The number of carboxylic acids is 1. The highest BCUT2D eigenvalue weighted by Gasteiger charge is 2.16. The summed E-state index contributed by atoms with van der Waals surface area (Å²) in [5, 5.41) is 21.9. The molecule has 28 heavy (non-hydrogen) atoms. The predicted octanol–water partition coefficient (Wildman–Crippen LogP) is 4.65. The van der Waals surface area contributed by atoms with Crippen molar-refractivity contribution in [3.8, 4) is 6.07 Å². The third-order valence-corrected chi connectivity index (χ3v) is 4.63. The molecule has 142 valence electrons. The second-order valence-corrected chi connectivity index (χ2v) is 6.63. The van der Waals surface area contributed by atoms with Crippen LogP contribution in [0.5, 0.6) is 0 Å². The van der Waals surface area contributed by atoms with E-state index < -0.39 is 5.97 Å². The first-order valence-electron chi connectivity index (χ1n) is 9.21. The third-order valence-electron chi connectivity index (χ3n) is 4.63. The zero-order valence-corrected chi connectivity index (χ0v) is 15.6. The lowest BCUT2D eigenvalue weighted by atomic mass is 10.1. The molecule has 0 aliphatic carbocycles. The summed E-state index contributed by atoms with van der Waals surface area (Å²) in [5.74, 6) is -1.36. The van der Waals surface area contributed by atoms with Gasteiger partial charge in [0.15, 0.2) is 0 Å². The van der Waals surface area contributed by atoms with E-state index in [1.807, 2.05) is 4.57 Å². The van der Waals surface area contributed by atoms with Gasteiger partial charge in [-0.15, -0.1) is 0 Å². The number of nitriles is 1. The number of nitrogens with zero attached hydrogens (tertiary/aromatic N) is 2. The molecule has 0 spiro atoms.